The molecule has 0 aromatic rings. The first-order valence-corrected chi connectivity index (χ1v) is 13.2. The van der Waals surface area contributed by atoms with Gasteiger partial charge in [0.1, 0.15) is 5.60 Å². The summed E-state index contributed by atoms with van der Waals surface area (Å²) >= 11 is 0. The van der Waals surface area contributed by atoms with Gasteiger partial charge in [0.2, 0.25) is 0 Å². The molecule has 0 bridgehead atoms. The number of esters is 1. The topological polar surface area (TPSA) is 83.9 Å². The molecule has 1 aliphatic carbocycles. The number of ketones is 1. The number of carbonyl (C=O) groups excluding carboxylic acids is 3. The van der Waals surface area contributed by atoms with Crippen molar-refractivity contribution in [3.8, 4) is 0 Å². The third-order valence-electron chi connectivity index (χ3n) is 6.35. The van der Waals surface area contributed by atoms with Crippen LogP contribution in [-0.4, -0.2) is 51.5 Å². The van der Waals surface area contributed by atoms with Gasteiger partial charge in [-0.3, -0.25) is 9.59 Å². The molecular weight excluding hydrogens is 466 g/mol. The highest BCUT2D eigenvalue weighted by Crippen LogP contribution is 2.33. The molecule has 6 heteroatoms. The van der Waals surface area contributed by atoms with Gasteiger partial charge in [0, 0.05) is 18.2 Å². The Morgan fingerprint density at radius 3 is 2.19 bits per heavy atom. The van der Waals surface area contributed by atoms with Crippen molar-refractivity contribution in [2.45, 2.75) is 112 Å². The van der Waals surface area contributed by atoms with Gasteiger partial charge in [0.25, 0.3) is 5.91 Å². The lowest BCUT2D eigenvalue weighted by atomic mass is 9.80. The highest BCUT2D eigenvalue weighted by Gasteiger charge is 2.34. The molecule has 3 atom stereocenters. The van der Waals surface area contributed by atoms with Crippen molar-refractivity contribution in [3.63, 3.8) is 0 Å². The number of hydrogen-bond donors (Lipinski definition) is 1. The average molecular weight is 514 g/mol. The number of allylic oxidation sites excluding steroid dienone is 6. The van der Waals surface area contributed by atoms with Crippen molar-refractivity contribution in [2.75, 3.05) is 0 Å². The fourth-order valence-electron chi connectivity index (χ4n) is 4.27. The van der Waals surface area contributed by atoms with Crippen LogP contribution >= 0.6 is 0 Å². The van der Waals surface area contributed by atoms with Crippen molar-refractivity contribution in [2.24, 2.45) is 5.41 Å². The molecule has 0 saturated carbocycles. The van der Waals surface area contributed by atoms with Crippen molar-refractivity contribution >= 4 is 17.7 Å². The van der Waals surface area contributed by atoms with E-state index in [-0.39, 0.29) is 23.6 Å². The van der Waals surface area contributed by atoms with Crippen LogP contribution < -0.4 is 0 Å². The quantitative estimate of drug-likeness (QED) is 0.186. The molecule has 0 fully saturated rings. The molecule has 0 aromatic carbocycles. The number of hydrogen-bond acceptors (Lipinski definition) is 5. The fourth-order valence-corrected chi connectivity index (χ4v) is 4.27. The van der Waals surface area contributed by atoms with E-state index >= 15 is 0 Å². The number of aliphatic hydroxyl groups is 1. The van der Waals surface area contributed by atoms with E-state index in [4.69, 9.17) is 4.74 Å². The summed E-state index contributed by atoms with van der Waals surface area (Å²) in [6.45, 7) is 18.9. The summed E-state index contributed by atoms with van der Waals surface area (Å²) in [7, 11) is 0. The van der Waals surface area contributed by atoms with Crippen LogP contribution in [0.1, 0.15) is 88.5 Å². The normalized spacial score (nSPS) is 27.4. The minimum atomic E-state index is -1.67. The molecule has 206 valence electrons. The number of carbonyl (C=O) groups is 3. The standard InChI is InChI=1S/C31H47NO5/c1-21(2)12-11-16-30(9)17-13-25(29(35)32(23(5)6)24(7)8)26(33)14-19-31(10,36)27(15-18-30)37-28(34)20-22(3)4/h12-15,18-20,23-24,27,36H,11,16-17H2,1-10H3/b18-15+,19-14+,25-13+/t27-,30+,31-/m1/s1. The van der Waals surface area contributed by atoms with Gasteiger partial charge in [-0.15, -0.1) is 0 Å². The maximum atomic E-state index is 13.6. The van der Waals surface area contributed by atoms with Gasteiger partial charge >= 0.3 is 5.97 Å². The molecule has 0 aromatic heterocycles. The molecule has 0 radical (unpaired) electrons. The molecule has 6 nitrogen and oxygen atoms in total. The zero-order valence-electron chi connectivity index (χ0n) is 24.4. The smallest absolute Gasteiger partial charge is 0.331 e. The lowest BCUT2D eigenvalue weighted by molar-refractivity contribution is -0.148. The van der Waals surface area contributed by atoms with Gasteiger partial charge < -0.3 is 14.7 Å². The lowest BCUT2D eigenvalue weighted by Gasteiger charge is -2.31. The Hall–Kier alpha value is -2.73. The highest BCUT2D eigenvalue weighted by molar-refractivity contribution is 6.23. The minimum absolute atomic E-state index is 0.0799. The molecule has 37 heavy (non-hydrogen) atoms. The van der Waals surface area contributed by atoms with E-state index in [1.54, 1.807) is 30.9 Å². The Kier molecular flexibility index (Phi) is 12.0. The van der Waals surface area contributed by atoms with Crippen molar-refractivity contribution in [1.82, 2.24) is 4.90 Å². The molecule has 0 saturated heterocycles. The number of ether oxygens (including phenoxy) is 1. The average Bonchev–Trinajstić information content (AvgIpc) is 2.74. The molecule has 1 aliphatic rings. The summed E-state index contributed by atoms with van der Waals surface area (Å²) in [6, 6.07) is -0.177. The van der Waals surface area contributed by atoms with Gasteiger partial charge in [-0.2, -0.15) is 0 Å². The highest BCUT2D eigenvalue weighted by atomic mass is 16.6. The van der Waals surface area contributed by atoms with E-state index in [1.165, 1.54) is 30.7 Å². The van der Waals surface area contributed by atoms with E-state index < -0.39 is 28.9 Å². The second kappa shape index (κ2) is 13.7. The molecule has 0 spiro atoms. The Morgan fingerprint density at radius 1 is 1.08 bits per heavy atom. The van der Waals surface area contributed by atoms with E-state index in [1.807, 2.05) is 54.5 Å². The minimum Gasteiger partial charge on any atom is -0.452 e. The van der Waals surface area contributed by atoms with Crippen LogP contribution in [0, 0.1) is 5.41 Å². The third kappa shape index (κ3) is 10.3. The van der Waals surface area contributed by atoms with Gasteiger partial charge in [0.15, 0.2) is 11.9 Å². The molecule has 0 aliphatic heterocycles. The third-order valence-corrected chi connectivity index (χ3v) is 6.35. The van der Waals surface area contributed by atoms with Crippen LogP contribution in [0.3, 0.4) is 0 Å². The molecule has 1 amide bonds. The zero-order valence-corrected chi connectivity index (χ0v) is 24.4. The summed E-state index contributed by atoms with van der Waals surface area (Å²) in [5, 5.41) is 11.3. The largest absolute Gasteiger partial charge is 0.452 e. The zero-order chi connectivity index (χ0) is 28.6. The summed E-state index contributed by atoms with van der Waals surface area (Å²) in [5.74, 6) is -1.39. The first-order chi connectivity index (χ1) is 17.0. The number of amides is 1. The summed E-state index contributed by atoms with van der Waals surface area (Å²) in [4.78, 5) is 41.1. The van der Waals surface area contributed by atoms with E-state index in [2.05, 4.69) is 6.08 Å². The van der Waals surface area contributed by atoms with Crippen LogP contribution in [-0.2, 0) is 19.1 Å². The van der Waals surface area contributed by atoms with Crippen molar-refractivity contribution in [1.29, 1.82) is 0 Å². The van der Waals surface area contributed by atoms with Gasteiger partial charge in [-0.25, -0.2) is 4.79 Å². The molecule has 0 heterocycles. The number of rotatable bonds is 8. The number of nitrogens with zero attached hydrogens (tertiary/aromatic N) is 1. The van der Waals surface area contributed by atoms with Crippen LogP contribution in [0.4, 0.5) is 0 Å². The molecule has 1 N–H and O–H groups in total. The Bertz CT molecular complexity index is 977. The van der Waals surface area contributed by atoms with Crippen LogP contribution in [0.15, 0.2) is 59.3 Å². The first-order valence-electron chi connectivity index (χ1n) is 13.2. The lowest BCUT2D eigenvalue weighted by Crippen LogP contribution is -2.44. The summed E-state index contributed by atoms with van der Waals surface area (Å²) < 4.78 is 5.62. The van der Waals surface area contributed by atoms with E-state index in [0.717, 1.165) is 18.4 Å². The van der Waals surface area contributed by atoms with Gasteiger partial charge in [0.05, 0.1) is 5.57 Å². The monoisotopic (exact) mass is 513 g/mol. The second-order valence-electron chi connectivity index (χ2n) is 11.6. The van der Waals surface area contributed by atoms with Gasteiger partial charge in [-0.1, -0.05) is 36.3 Å². The van der Waals surface area contributed by atoms with Crippen LogP contribution in [0.25, 0.3) is 0 Å². The van der Waals surface area contributed by atoms with Crippen molar-refractivity contribution < 1.29 is 24.2 Å². The van der Waals surface area contributed by atoms with Crippen LogP contribution in [0.2, 0.25) is 0 Å². The SMILES string of the molecule is CC(C)=CCC[C@]1(C)/C=C/[C@@H](OC(=O)C=C(C)C)[C@](C)(O)/C=C/C(=O)/C(C(=O)N(C(C)C)C(C)C)=C\C1. The van der Waals surface area contributed by atoms with E-state index in [0.29, 0.717) is 6.42 Å². The molecular formula is C31H47NO5. The maximum absolute atomic E-state index is 13.6. The van der Waals surface area contributed by atoms with Crippen LogP contribution in [0.5, 0.6) is 0 Å². The predicted octanol–water partition coefficient (Wildman–Crippen LogP) is 6.03. The van der Waals surface area contributed by atoms with E-state index in [9.17, 15) is 19.5 Å². The maximum Gasteiger partial charge on any atom is 0.331 e. The van der Waals surface area contributed by atoms with Gasteiger partial charge in [-0.05, 0) is 105 Å². The Morgan fingerprint density at radius 2 is 1.68 bits per heavy atom. The molecule has 1 rings (SSSR count). The molecule has 0 unspecified atom stereocenters. The second-order valence-corrected chi connectivity index (χ2v) is 11.6. The Balaban J connectivity index is 3.64. The predicted molar refractivity (Wildman–Crippen MR) is 150 cm³/mol. The van der Waals surface area contributed by atoms with Crippen molar-refractivity contribution in [3.05, 3.63) is 59.3 Å². The Labute approximate surface area is 223 Å². The summed E-state index contributed by atoms with van der Waals surface area (Å²) in [6.07, 6.45) is 12.3. The first kappa shape index (κ1) is 32.3. The fraction of sp³-hybridized carbons (Fsp3) is 0.581. The summed E-state index contributed by atoms with van der Waals surface area (Å²) in [5.41, 5.74) is -0.0752.